The molecule has 20 rings (SSSR count). The minimum absolute atomic E-state index is 0.00653. The second kappa shape index (κ2) is 31.6. The number of ether oxygens (including phenoxy) is 4. The second-order valence-electron chi connectivity index (χ2n) is 30.1. The van der Waals surface area contributed by atoms with Gasteiger partial charge in [0, 0.05) is 77.4 Å². The average molecular weight is 1570 g/mol. The van der Waals surface area contributed by atoms with Crippen molar-refractivity contribution < 1.29 is 52.5 Å². The van der Waals surface area contributed by atoms with Gasteiger partial charge in [0.2, 0.25) is 0 Å². The summed E-state index contributed by atoms with van der Waals surface area (Å²) in [6.45, 7) is 13.7. The van der Waals surface area contributed by atoms with Crippen LogP contribution in [0.2, 0.25) is 0 Å². The predicted molar refractivity (Wildman–Crippen MR) is 419 cm³/mol. The summed E-state index contributed by atoms with van der Waals surface area (Å²) >= 11 is 0. The minimum atomic E-state index is -0.486. The van der Waals surface area contributed by atoms with Gasteiger partial charge in [0.1, 0.15) is 90.6 Å². The number of pyridine rings is 4. The predicted octanol–water partition coefficient (Wildman–Crippen LogP) is 9.94. The summed E-state index contributed by atoms with van der Waals surface area (Å²) in [6.07, 6.45) is 21.5. The zero-order chi connectivity index (χ0) is 79.9. The molecule has 0 saturated carbocycles. The third-order valence-corrected chi connectivity index (χ3v) is 21.4. The van der Waals surface area contributed by atoms with E-state index in [1.165, 1.54) is 46.8 Å². The van der Waals surface area contributed by atoms with Crippen LogP contribution in [0.4, 0.5) is 42.4 Å². The second-order valence-corrected chi connectivity index (χ2v) is 30.1. The van der Waals surface area contributed by atoms with E-state index < -0.39 is 29.9 Å². The van der Waals surface area contributed by atoms with Crippen LogP contribution < -0.4 is 40.9 Å². The molecule has 6 atom stereocenters. The molecule has 0 radical (unpaired) electrons. The number of rotatable bonds is 0. The highest BCUT2D eigenvalue weighted by Gasteiger charge is 2.42. The zero-order valence-corrected chi connectivity index (χ0v) is 64.0. The van der Waals surface area contributed by atoms with Crippen molar-refractivity contribution in [2.24, 2.45) is 0 Å². The fourth-order valence-corrected chi connectivity index (χ4v) is 15.4. The Morgan fingerprint density at radius 2 is 0.724 bits per heavy atom. The third-order valence-electron chi connectivity index (χ3n) is 21.4. The van der Waals surface area contributed by atoms with Gasteiger partial charge in [-0.1, -0.05) is 30.8 Å². The fourth-order valence-electron chi connectivity index (χ4n) is 15.4. The largest absolute Gasteiger partial charge is 0.446 e. The highest BCUT2D eigenvalue weighted by atomic mass is 16.6. The number of aryl methyl sites for hydroxylation is 4. The van der Waals surface area contributed by atoms with E-state index in [0.717, 1.165) is 134 Å². The van der Waals surface area contributed by atoms with Crippen LogP contribution in [0.1, 0.15) is 185 Å². The van der Waals surface area contributed by atoms with E-state index >= 15 is 0 Å². The van der Waals surface area contributed by atoms with Crippen LogP contribution in [0.5, 0.6) is 0 Å². The summed E-state index contributed by atoms with van der Waals surface area (Å²) < 4.78 is 27.5. The normalized spacial score (nSPS) is 21.2. The Hall–Kier alpha value is -13.9. The maximum absolute atomic E-state index is 13.0. The molecule has 0 spiro atoms. The number of carbonyl (C=O) groups is 7. The molecular formula is C81H82N24O11. The van der Waals surface area contributed by atoms with Crippen molar-refractivity contribution in [3.8, 4) is 0 Å². The van der Waals surface area contributed by atoms with E-state index in [1.807, 2.05) is 93.6 Å². The number of cyclic esters (lactones) is 4. The Morgan fingerprint density at radius 1 is 0.388 bits per heavy atom. The number of carbonyl (C=O) groups excluding carboxylic acids is 7. The first-order valence-electron chi connectivity index (χ1n) is 38.7. The first-order valence-corrected chi connectivity index (χ1v) is 38.7. The molecule has 4 N–H and O–H groups in total. The lowest BCUT2D eigenvalue weighted by Gasteiger charge is -2.26. The number of amides is 7. The van der Waals surface area contributed by atoms with Crippen LogP contribution in [0, 0.1) is 0 Å². The lowest BCUT2D eigenvalue weighted by Crippen LogP contribution is -2.43. The van der Waals surface area contributed by atoms with Crippen molar-refractivity contribution in [1.29, 1.82) is 0 Å². The molecule has 20 heterocycles. The van der Waals surface area contributed by atoms with Gasteiger partial charge in [-0.15, -0.1) is 0 Å². The summed E-state index contributed by atoms with van der Waals surface area (Å²) in [7, 11) is 0. The van der Waals surface area contributed by atoms with Crippen molar-refractivity contribution in [2.75, 3.05) is 52.6 Å². The molecule has 12 aromatic rings. The SMILES string of the molecule is C=C1N[C@H](C)CCCc2cccc(n2)[C@H]2COC(=O)N2c2ccn3ncc1c3n2.CC1(C)CCCc2cccc(n2)[C@H]2COC(=O)N2c2ccn3ncc(c3n2)C(=O)N1.C[C@H]1CCCc2cccc(n2)[C@H]2COC(=O)N2c2ccn3ncc(c3n2)C(=O)N1.O=C1NCCCCc2cccc(n2)[C@H]2COC(=O)N2c2ccn3ncc1c3n2. The molecule has 7 amide bonds. The van der Waals surface area contributed by atoms with Crippen molar-refractivity contribution in [2.45, 2.75) is 147 Å². The minimum Gasteiger partial charge on any atom is -0.446 e. The smallest absolute Gasteiger partial charge is 0.416 e. The molecule has 592 valence electrons. The molecule has 35 heteroatoms. The van der Waals surface area contributed by atoms with Gasteiger partial charge >= 0.3 is 24.4 Å². The molecule has 4 fully saturated rings. The number of nitrogens with zero attached hydrogens (tertiary/aromatic N) is 20. The summed E-state index contributed by atoms with van der Waals surface area (Å²) in [4.78, 5) is 132. The van der Waals surface area contributed by atoms with Crippen LogP contribution in [-0.4, -0.2) is 171 Å². The van der Waals surface area contributed by atoms with Gasteiger partial charge in [-0.25, -0.2) is 76.8 Å². The van der Waals surface area contributed by atoms with Crippen molar-refractivity contribution in [3.63, 3.8) is 0 Å². The van der Waals surface area contributed by atoms with Crippen LogP contribution in [0.15, 0.2) is 153 Å². The average Bonchev–Trinajstić information content (AvgIpc) is 1.63. The maximum atomic E-state index is 13.0. The Bertz CT molecular complexity index is 5680. The van der Waals surface area contributed by atoms with Crippen molar-refractivity contribution >= 4 is 93.7 Å². The lowest BCUT2D eigenvalue weighted by molar-refractivity contribution is 0.0906. The van der Waals surface area contributed by atoms with Gasteiger partial charge in [-0.2, -0.15) is 20.4 Å². The van der Waals surface area contributed by atoms with Crippen LogP contribution in [0.25, 0.3) is 28.3 Å². The number of fused-ring (bicyclic) bond motifs is 24. The number of anilines is 4. The Balaban J connectivity index is 0.000000111. The molecule has 0 aromatic carbocycles. The molecule has 12 aromatic heterocycles. The first kappa shape index (κ1) is 74.8. The molecule has 116 heavy (non-hydrogen) atoms. The Morgan fingerprint density at radius 3 is 1.12 bits per heavy atom. The molecule has 8 aliphatic rings. The molecular weight excluding hydrogens is 1490 g/mol. The van der Waals surface area contributed by atoms with Crippen LogP contribution in [0.3, 0.4) is 0 Å². The van der Waals surface area contributed by atoms with Gasteiger partial charge in [0.15, 0.2) is 22.6 Å². The summed E-state index contributed by atoms with van der Waals surface area (Å²) in [5.74, 6) is 1.00. The number of nitrogens with one attached hydrogen (secondary N) is 4. The molecule has 0 aliphatic carbocycles. The monoisotopic (exact) mass is 1570 g/mol. The van der Waals surface area contributed by atoms with E-state index in [1.54, 1.807) is 64.7 Å². The summed E-state index contributed by atoms with van der Waals surface area (Å²) in [5.41, 5.74) is 11.1. The van der Waals surface area contributed by atoms with Gasteiger partial charge in [-0.3, -0.25) is 34.3 Å². The van der Waals surface area contributed by atoms with Crippen LogP contribution in [-0.2, 0) is 44.6 Å². The topological polar surface area (TPSA) is 390 Å². The number of hydrogen-bond donors (Lipinski definition) is 4. The zero-order valence-electron chi connectivity index (χ0n) is 64.0. The quantitative estimate of drug-likeness (QED) is 0.103. The van der Waals surface area contributed by atoms with Crippen LogP contribution >= 0.6 is 0 Å². The van der Waals surface area contributed by atoms with E-state index in [9.17, 15) is 33.6 Å². The molecule has 0 unspecified atom stereocenters. The van der Waals surface area contributed by atoms with Crippen molar-refractivity contribution in [3.05, 3.63) is 221 Å². The van der Waals surface area contributed by atoms with Gasteiger partial charge in [0.25, 0.3) is 17.7 Å². The molecule has 16 bridgehead atoms. The van der Waals surface area contributed by atoms with E-state index in [-0.39, 0.29) is 80.4 Å². The number of aromatic nitrogens is 16. The lowest BCUT2D eigenvalue weighted by atomic mass is 9.96. The third kappa shape index (κ3) is 15.2. The van der Waals surface area contributed by atoms with E-state index in [4.69, 9.17) is 43.9 Å². The molecule has 4 saturated heterocycles. The molecule has 8 aliphatic heterocycles. The molecule has 35 nitrogen and oxygen atoms in total. The maximum Gasteiger partial charge on any atom is 0.416 e. The fraction of sp³-hybridized carbons (Fsp3) is 0.346. The van der Waals surface area contributed by atoms with Gasteiger partial charge in [-0.05, 0) is 178 Å². The van der Waals surface area contributed by atoms with Crippen molar-refractivity contribution in [1.82, 2.24) is 99.6 Å². The number of hydrogen-bond acceptors (Lipinski definition) is 24. The summed E-state index contributed by atoms with van der Waals surface area (Å²) in [5, 5.41) is 29.5. The Labute approximate surface area is 662 Å². The highest BCUT2D eigenvalue weighted by molar-refractivity contribution is 6.02. The Kier molecular flexibility index (Phi) is 20.4. The van der Waals surface area contributed by atoms with E-state index in [0.29, 0.717) is 69.1 Å². The van der Waals surface area contributed by atoms with Gasteiger partial charge in [0.05, 0.1) is 53.1 Å². The van der Waals surface area contributed by atoms with E-state index in [2.05, 4.69) is 70.1 Å². The highest BCUT2D eigenvalue weighted by Crippen LogP contribution is 2.38. The van der Waals surface area contributed by atoms with Gasteiger partial charge < -0.3 is 40.2 Å². The first-order chi connectivity index (χ1) is 56.3. The summed E-state index contributed by atoms with van der Waals surface area (Å²) in [6, 6.07) is 29.1. The standard InChI is InChI=1S/C21H22N6O3.C21H22N6O2.C20H20N6O3.C19H18N6O3/c1-21(2)9-4-6-13-5-3-7-15(23-13)16-12-30-20(29)27(16)17-8-10-26-18(24-17)14(11-22-26)19(28)25-21;1-13-5-3-6-15-7-4-8-17(24-15)18-12-29-21(28)27(18)19-9-10-26-20(25-19)16(11-22-26)14(2)23-13;1-12-4-2-5-13-6-3-7-15(23-13)16-11-29-20(28)26(16)17-8-9-25-18(24-17)14(10-21-25)19(27)22-12;26-18-13-10-21-24-9-7-16(23-17(13)24)25-15(11-28-19(25)27)14-6-3-5-12(22-14)4-1-2-8-20-18/h3,5,7-8,10-11,16H,4,6,9,12H2,1-2H3,(H,25,28);4,7-11,13,18,23H,2-3,5-6,12H2,1H3;3,6-10,12,16H,2,4-5,11H2,1H3,(H,22,27);3,5-7,9-10,15H,1-2,4,8,11H2,(H,20,26)/t16-;13-,18-;12-,16+;15-/m1101/s1.